The monoisotopic (exact) mass is 378 g/mol. The second-order valence-electron chi connectivity index (χ2n) is 4.50. The number of halogens is 2. The average Bonchev–Trinajstić information content (AvgIpc) is 2.94. The van der Waals surface area contributed by atoms with Gasteiger partial charge in [0, 0.05) is 13.1 Å². The Balaban J connectivity index is 0.00000147. The third-order valence-corrected chi connectivity index (χ3v) is 4.67. The molecule has 5 nitrogen and oxygen atoms in total. The number of hydrogen-bond donors (Lipinski definition) is 1. The molecule has 0 aliphatic carbocycles. The molecule has 20 heavy (non-hydrogen) atoms. The van der Waals surface area contributed by atoms with Gasteiger partial charge in [-0.15, -0.1) is 23.7 Å². The smallest absolute Gasteiger partial charge is 0.241 e. The minimum absolute atomic E-state index is 0. The molecule has 3 rings (SSSR count). The molecule has 1 fully saturated rings. The molecule has 1 saturated heterocycles. The lowest BCUT2D eigenvalue weighted by molar-refractivity contribution is 0.239. The predicted octanol–water partition coefficient (Wildman–Crippen LogP) is 2.78. The van der Waals surface area contributed by atoms with Gasteiger partial charge in [-0.05, 0) is 47.6 Å². The minimum Gasteiger partial charge on any atom is -0.338 e. The van der Waals surface area contributed by atoms with E-state index in [2.05, 4.69) is 36.3 Å². The Kier molecular flexibility index (Phi) is 5.98. The molecule has 0 saturated carbocycles. The molecular formula is C12H16BrClN4OS. The summed E-state index contributed by atoms with van der Waals surface area (Å²) >= 11 is 5.05. The highest BCUT2D eigenvalue weighted by Gasteiger charge is 2.15. The van der Waals surface area contributed by atoms with Crippen LogP contribution in [0, 0.1) is 0 Å². The summed E-state index contributed by atoms with van der Waals surface area (Å²) in [4.78, 5) is 7.84. The first-order valence-electron chi connectivity index (χ1n) is 6.32. The Labute approximate surface area is 136 Å². The van der Waals surface area contributed by atoms with E-state index in [4.69, 9.17) is 4.52 Å². The highest BCUT2D eigenvalue weighted by atomic mass is 79.9. The molecule has 110 valence electrons. The third-order valence-electron chi connectivity index (χ3n) is 3.05. The highest BCUT2D eigenvalue weighted by Crippen LogP contribution is 2.29. The topological polar surface area (TPSA) is 54.2 Å². The number of hydrogen-bond acceptors (Lipinski definition) is 6. The molecule has 1 N–H and O–H groups in total. The normalized spacial score (nSPS) is 16.6. The van der Waals surface area contributed by atoms with Crippen molar-refractivity contribution in [2.75, 3.05) is 26.2 Å². The van der Waals surface area contributed by atoms with Gasteiger partial charge < -0.3 is 9.84 Å². The van der Waals surface area contributed by atoms with E-state index < -0.39 is 0 Å². The van der Waals surface area contributed by atoms with Gasteiger partial charge in [-0.25, -0.2) is 0 Å². The summed E-state index contributed by atoms with van der Waals surface area (Å²) in [6, 6.07) is 4.00. The Morgan fingerprint density at radius 3 is 3.05 bits per heavy atom. The maximum absolute atomic E-state index is 5.34. The predicted molar refractivity (Wildman–Crippen MR) is 85.3 cm³/mol. The van der Waals surface area contributed by atoms with Crippen molar-refractivity contribution >= 4 is 39.7 Å². The summed E-state index contributed by atoms with van der Waals surface area (Å²) < 4.78 is 6.42. The van der Waals surface area contributed by atoms with Crippen LogP contribution in [0.4, 0.5) is 0 Å². The molecule has 2 aromatic heterocycles. The summed E-state index contributed by atoms with van der Waals surface area (Å²) in [6.07, 6.45) is 1.17. The number of aromatic nitrogens is 2. The molecule has 0 amide bonds. The average molecular weight is 380 g/mol. The zero-order valence-electron chi connectivity index (χ0n) is 10.8. The van der Waals surface area contributed by atoms with Crippen LogP contribution in [0.15, 0.2) is 20.4 Å². The standard InChI is InChI=1S/C12H15BrN4OS.ClH/c13-10-3-2-9(19-10)12-15-11(18-16-12)8-17-6-1-4-14-5-7-17;/h2-3,14H,1,4-8H2;1H. The van der Waals surface area contributed by atoms with E-state index in [0.29, 0.717) is 11.7 Å². The third kappa shape index (κ3) is 4.02. The first-order chi connectivity index (χ1) is 9.31. The fourth-order valence-corrected chi connectivity index (χ4v) is 3.42. The van der Waals surface area contributed by atoms with Crippen molar-refractivity contribution in [2.45, 2.75) is 13.0 Å². The van der Waals surface area contributed by atoms with Crippen LogP contribution in [0.5, 0.6) is 0 Å². The van der Waals surface area contributed by atoms with Crippen LogP contribution in [0.1, 0.15) is 12.3 Å². The first-order valence-corrected chi connectivity index (χ1v) is 7.93. The molecular weight excluding hydrogens is 364 g/mol. The molecule has 3 heterocycles. The summed E-state index contributed by atoms with van der Waals surface area (Å²) in [5.74, 6) is 1.38. The van der Waals surface area contributed by atoms with Gasteiger partial charge in [0.15, 0.2) is 0 Å². The van der Waals surface area contributed by atoms with Crippen LogP contribution in [0.2, 0.25) is 0 Å². The second-order valence-corrected chi connectivity index (χ2v) is 6.96. The SMILES string of the molecule is Brc1ccc(-c2noc(CN3CCCNCC3)n2)s1.Cl. The van der Waals surface area contributed by atoms with E-state index in [-0.39, 0.29) is 12.4 Å². The van der Waals surface area contributed by atoms with Crippen molar-refractivity contribution in [1.82, 2.24) is 20.4 Å². The van der Waals surface area contributed by atoms with E-state index in [1.54, 1.807) is 11.3 Å². The zero-order chi connectivity index (χ0) is 13.1. The van der Waals surface area contributed by atoms with E-state index in [9.17, 15) is 0 Å². The zero-order valence-corrected chi connectivity index (χ0v) is 14.1. The van der Waals surface area contributed by atoms with Crippen molar-refractivity contribution in [2.24, 2.45) is 0 Å². The van der Waals surface area contributed by atoms with Crippen LogP contribution < -0.4 is 5.32 Å². The molecule has 1 aliphatic heterocycles. The van der Waals surface area contributed by atoms with Gasteiger partial charge >= 0.3 is 0 Å². The number of nitrogens with zero attached hydrogens (tertiary/aromatic N) is 3. The summed E-state index contributed by atoms with van der Waals surface area (Å²) in [7, 11) is 0. The Morgan fingerprint density at radius 1 is 1.35 bits per heavy atom. The molecule has 0 radical (unpaired) electrons. The number of nitrogens with one attached hydrogen (secondary N) is 1. The first kappa shape index (κ1) is 15.9. The largest absolute Gasteiger partial charge is 0.338 e. The molecule has 8 heteroatoms. The molecule has 1 aliphatic rings. The molecule has 0 aromatic carbocycles. The van der Waals surface area contributed by atoms with Gasteiger partial charge in [0.25, 0.3) is 0 Å². The van der Waals surface area contributed by atoms with Crippen LogP contribution in [0.3, 0.4) is 0 Å². The fourth-order valence-electron chi connectivity index (χ4n) is 2.10. The lowest BCUT2D eigenvalue weighted by Crippen LogP contribution is -2.27. The van der Waals surface area contributed by atoms with Crippen molar-refractivity contribution in [3.05, 3.63) is 21.8 Å². The lowest BCUT2D eigenvalue weighted by atomic mass is 10.4. The molecule has 2 aromatic rings. The minimum atomic E-state index is 0. The van der Waals surface area contributed by atoms with Crippen LogP contribution in [-0.2, 0) is 6.54 Å². The van der Waals surface area contributed by atoms with Crippen LogP contribution >= 0.6 is 39.7 Å². The van der Waals surface area contributed by atoms with E-state index in [1.807, 2.05) is 12.1 Å². The van der Waals surface area contributed by atoms with Crippen molar-refractivity contribution in [1.29, 1.82) is 0 Å². The molecule has 0 unspecified atom stereocenters. The van der Waals surface area contributed by atoms with Gasteiger partial charge in [-0.3, -0.25) is 4.90 Å². The number of rotatable bonds is 3. The van der Waals surface area contributed by atoms with E-state index in [0.717, 1.165) is 41.4 Å². The maximum Gasteiger partial charge on any atom is 0.241 e. The molecule has 0 atom stereocenters. The maximum atomic E-state index is 5.34. The Morgan fingerprint density at radius 2 is 2.25 bits per heavy atom. The van der Waals surface area contributed by atoms with Crippen molar-refractivity contribution < 1.29 is 4.52 Å². The Hall–Kier alpha value is -0.470. The second kappa shape index (κ2) is 7.51. The highest BCUT2D eigenvalue weighted by molar-refractivity contribution is 9.11. The Bertz CT molecular complexity index is 539. The van der Waals surface area contributed by atoms with E-state index in [1.165, 1.54) is 6.42 Å². The van der Waals surface area contributed by atoms with Gasteiger partial charge in [-0.1, -0.05) is 5.16 Å². The van der Waals surface area contributed by atoms with Gasteiger partial charge in [0.05, 0.1) is 15.2 Å². The lowest BCUT2D eigenvalue weighted by Gasteiger charge is -2.16. The summed E-state index contributed by atoms with van der Waals surface area (Å²) in [6.45, 7) is 4.96. The number of thiophene rings is 1. The summed E-state index contributed by atoms with van der Waals surface area (Å²) in [5.41, 5.74) is 0. The van der Waals surface area contributed by atoms with Crippen LogP contribution in [-0.4, -0.2) is 41.2 Å². The van der Waals surface area contributed by atoms with Crippen molar-refractivity contribution in [3.63, 3.8) is 0 Å². The van der Waals surface area contributed by atoms with E-state index >= 15 is 0 Å². The van der Waals surface area contributed by atoms with Gasteiger partial charge in [0.1, 0.15) is 0 Å². The fraction of sp³-hybridized carbons (Fsp3) is 0.500. The quantitative estimate of drug-likeness (QED) is 0.889. The molecule has 0 spiro atoms. The van der Waals surface area contributed by atoms with Crippen LogP contribution in [0.25, 0.3) is 10.7 Å². The van der Waals surface area contributed by atoms with Gasteiger partial charge in [-0.2, -0.15) is 4.98 Å². The van der Waals surface area contributed by atoms with Crippen molar-refractivity contribution in [3.8, 4) is 10.7 Å². The molecule has 0 bridgehead atoms. The summed E-state index contributed by atoms with van der Waals surface area (Å²) in [5, 5.41) is 7.43. The van der Waals surface area contributed by atoms with Gasteiger partial charge in [0.2, 0.25) is 11.7 Å².